The second-order valence-corrected chi connectivity index (χ2v) is 4.61. The molecule has 1 aliphatic rings. The molecule has 0 saturated heterocycles. The highest BCUT2D eigenvalue weighted by Gasteiger charge is 2.33. The van der Waals surface area contributed by atoms with Crippen LogP contribution < -0.4 is 10.6 Å². The molecule has 0 fully saturated rings. The summed E-state index contributed by atoms with van der Waals surface area (Å²) in [4.78, 5) is 24.3. The zero-order valence-electron chi connectivity index (χ0n) is 10.8. The number of nitrogens with zero attached hydrogens (tertiary/aromatic N) is 1. The fourth-order valence-electron chi connectivity index (χ4n) is 2.26. The predicted octanol–water partition coefficient (Wildman–Crippen LogP) is 0.673. The van der Waals surface area contributed by atoms with Crippen molar-refractivity contribution in [2.24, 2.45) is 5.92 Å². The normalized spacial score (nSPS) is 18.1. The number of nitrogen functional groups attached to an aromatic ring is 1. The third-order valence-electron chi connectivity index (χ3n) is 3.24. The fourth-order valence-corrected chi connectivity index (χ4v) is 2.26. The van der Waals surface area contributed by atoms with Crippen molar-refractivity contribution in [3.05, 3.63) is 17.7 Å². The van der Waals surface area contributed by atoms with Crippen LogP contribution in [0.15, 0.2) is 12.1 Å². The molecule has 1 atom stereocenters. The minimum absolute atomic E-state index is 0.0447. The summed E-state index contributed by atoms with van der Waals surface area (Å²) in [5, 5.41) is 9.93. The molecule has 102 valence electrons. The van der Waals surface area contributed by atoms with Crippen LogP contribution in [0.2, 0.25) is 0 Å². The number of aromatic hydroxyl groups is 1. The van der Waals surface area contributed by atoms with Crippen LogP contribution in [0.5, 0.6) is 5.75 Å². The van der Waals surface area contributed by atoms with Crippen molar-refractivity contribution in [2.45, 2.75) is 13.3 Å². The first-order valence-corrected chi connectivity index (χ1v) is 5.93. The molecular formula is C13H16N2O4. The minimum atomic E-state index is -0.426. The molecule has 1 unspecified atom stereocenters. The Kier molecular flexibility index (Phi) is 3.33. The summed E-state index contributed by atoms with van der Waals surface area (Å²) < 4.78 is 4.90. The molecule has 6 heteroatoms. The molecule has 19 heavy (non-hydrogen) atoms. The first-order valence-electron chi connectivity index (χ1n) is 5.93. The number of phenolic OH excluding ortho intramolecular Hbond substituents is 1. The van der Waals surface area contributed by atoms with Crippen molar-refractivity contribution in [3.8, 4) is 5.75 Å². The SMILES string of the molecule is CC(=O)OCC1Cc2ccc(N)c(O)c2N(C)C1=O. The summed E-state index contributed by atoms with van der Waals surface area (Å²) in [5.74, 6) is -1.13. The minimum Gasteiger partial charge on any atom is -0.504 e. The van der Waals surface area contributed by atoms with E-state index >= 15 is 0 Å². The first kappa shape index (κ1) is 13.2. The van der Waals surface area contributed by atoms with Crippen LogP contribution in [-0.2, 0) is 20.7 Å². The summed E-state index contributed by atoms with van der Waals surface area (Å²) in [5.41, 5.74) is 7.11. The maximum atomic E-state index is 12.1. The largest absolute Gasteiger partial charge is 0.504 e. The van der Waals surface area contributed by atoms with E-state index in [1.165, 1.54) is 11.8 Å². The van der Waals surface area contributed by atoms with Crippen molar-refractivity contribution < 1.29 is 19.4 Å². The second-order valence-electron chi connectivity index (χ2n) is 4.61. The molecule has 0 saturated carbocycles. The maximum absolute atomic E-state index is 12.1. The second kappa shape index (κ2) is 4.79. The van der Waals surface area contributed by atoms with Gasteiger partial charge >= 0.3 is 5.97 Å². The van der Waals surface area contributed by atoms with E-state index < -0.39 is 11.9 Å². The molecule has 1 aromatic carbocycles. The highest BCUT2D eigenvalue weighted by atomic mass is 16.5. The number of esters is 1. The van der Waals surface area contributed by atoms with Crippen LogP contribution in [-0.4, -0.2) is 30.6 Å². The number of carbonyl (C=O) groups is 2. The smallest absolute Gasteiger partial charge is 0.302 e. The average Bonchev–Trinajstić information content (AvgIpc) is 2.36. The number of phenols is 1. The van der Waals surface area contributed by atoms with Gasteiger partial charge in [-0.25, -0.2) is 0 Å². The molecule has 1 heterocycles. The topological polar surface area (TPSA) is 92.9 Å². The summed E-state index contributed by atoms with van der Waals surface area (Å²) in [6.07, 6.45) is 0.416. The quantitative estimate of drug-likeness (QED) is 0.465. The molecule has 2 rings (SSSR count). The van der Waals surface area contributed by atoms with Gasteiger partial charge in [-0.05, 0) is 18.1 Å². The van der Waals surface area contributed by atoms with Crippen molar-refractivity contribution in [3.63, 3.8) is 0 Å². The Morgan fingerprint density at radius 3 is 2.89 bits per heavy atom. The Hall–Kier alpha value is -2.24. The number of anilines is 2. The Balaban J connectivity index is 2.31. The maximum Gasteiger partial charge on any atom is 0.302 e. The zero-order chi connectivity index (χ0) is 14.2. The summed E-state index contributed by atoms with van der Waals surface area (Å²) in [7, 11) is 1.57. The van der Waals surface area contributed by atoms with Crippen LogP contribution in [0.25, 0.3) is 0 Å². The van der Waals surface area contributed by atoms with Crippen molar-refractivity contribution in [2.75, 3.05) is 24.3 Å². The average molecular weight is 264 g/mol. The molecule has 0 radical (unpaired) electrons. The highest BCUT2D eigenvalue weighted by molar-refractivity contribution is 6.00. The number of carbonyl (C=O) groups excluding carboxylic acids is 2. The molecule has 0 aliphatic carbocycles. The van der Waals surface area contributed by atoms with Gasteiger partial charge in [0.1, 0.15) is 6.61 Å². The molecule has 0 bridgehead atoms. The molecular weight excluding hydrogens is 248 g/mol. The number of rotatable bonds is 2. The van der Waals surface area contributed by atoms with Gasteiger partial charge in [0.25, 0.3) is 0 Å². The van der Waals surface area contributed by atoms with E-state index in [9.17, 15) is 14.7 Å². The number of amides is 1. The molecule has 6 nitrogen and oxygen atoms in total. The van der Waals surface area contributed by atoms with E-state index in [1.54, 1.807) is 19.2 Å². The number of fused-ring (bicyclic) bond motifs is 1. The van der Waals surface area contributed by atoms with Gasteiger partial charge in [0.15, 0.2) is 5.75 Å². The first-order chi connectivity index (χ1) is 8.91. The zero-order valence-corrected chi connectivity index (χ0v) is 10.8. The lowest BCUT2D eigenvalue weighted by molar-refractivity contribution is -0.143. The Morgan fingerprint density at radius 2 is 2.26 bits per heavy atom. The van der Waals surface area contributed by atoms with Gasteiger partial charge < -0.3 is 20.5 Å². The van der Waals surface area contributed by atoms with Crippen LogP contribution in [0.4, 0.5) is 11.4 Å². The monoisotopic (exact) mass is 264 g/mol. The Morgan fingerprint density at radius 1 is 1.58 bits per heavy atom. The van der Waals surface area contributed by atoms with E-state index in [2.05, 4.69) is 0 Å². The summed E-state index contributed by atoms with van der Waals surface area (Å²) in [6.45, 7) is 1.35. The lowest BCUT2D eigenvalue weighted by Gasteiger charge is -2.32. The molecule has 0 aromatic heterocycles. The van der Waals surface area contributed by atoms with E-state index in [0.29, 0.717) is 12.1 Å². The number of nitrogens with two attached hydrogens (primary N) is 1. The van der Waals surface area contributed by atoms with Crippen LogP contribution in [0.1, 0.15) is 12.5 Å². The van der Waals surface area contributed by atoms with E-state index in [-0.39, 0.29) is 24.0 Å². The molecule has 0 spiro atoms. The number of hydrogen-bond acceptors (Lipinski definition) is 5. The van der Waals surface area contributed by atoms with Crippen LogP contribution >= 0.6 is 0 Å². The lowest BCUT2D eigenvalue weighted by Crippen LogP contribution is -2.41. The molecule has 1 aromatic rings. The van der Waals surface area contributed by atoms with Gasteiger partial charge in [-0.1, -0.05) is 6.07 Å². The number of ether oxygens (including phenoxy) is 1. The van der Waals surface area contributed by atoms with Gasteiger partial charge in [0.05, 0.1) is 17.3 Å². The van der Waals surface area contributed by atoms with Gasteiger partial charge in [0.2, 0.25) is 5.91 Å². The van der Waals surface area contributed by atoms with Crippen molar-refractivity contribution >= 4 is 23.3 Å². The Bertz CT molecular complexity index is 542. The number of hydrogen-bond donors (Lipinski definition) is 2. The van der Waals surface area contributed by atoms with Gasteiger partial charge in [-0.15, -0.1) is 0 Å². The predicted molar refractivity (Wildman–Crippen MR) is 69.8 cm³/mol. The standard InChI is InChI=1S/C13H16N2O4/c1-7(16)19-6-9-5-8-3-4-10(14)12(17)11(8)15(2)13(9)18/h3-4,9,17H,5-6,14H2,1-2H3. The van der Waals surface area contributed by atoms with Gasteiger partial charge in [-0.2, -0.15) is 0 Å². The fraction of sp³-hybridized carbons (Fsp3) is 0.385. The summed E-state index contributed by atoms with van der Waals surface area (Å²) in [6, 6.07) is 3.37. The third kappa shape index (κ3) is 2.33. The van der Waals surface area contributed by atoms with E-state index in [4.69, 9.17) is 10.5 Å². The summed E-state index contributed by atoms with van der Waals surface area (Å²) >= 11 is 0. The molecule has 1 aliphatic heterocycles. The Labute approximate surface area is 110 Å². The van der Waals surface area contributed by atoms with Gasteiger partial charge in [-0.3, -0.25) is 9.59 Å². The van der Waals surface area contributed by atoms with Crippen molar-refractivity contribution in [1.29, 1.82) is 0 Å². The lowest BCUT2D eigenvalue weighted by atomic mass is 9.92. The van der Waals surface area contributed by atoms with E-state index in [1.807, 2.05) is 0 Å². The third-order valence-corrected chi connectivity index (χ3v) is 3.24. The molecule has 3 N–H and O–H groups in total. The number of benzene rings is 1. The van der Waals surface area contributed by atoms with Gasteiger partial charge in [0, 0.05) is 14.0 Å². The molecule has 1 amide bonds. The van der Waals surface area contributed by atoms with E-state index in [0.717, 1.165) is 5.56 Å². The van der Waals surface area contributed by atoms with Crippen molar-refractivity contribution in [1.82, 2.24) is 0 Å². The highest BCUT2D eigenvalue weighted by Crippen LogP contribution is 2.40. The van der Waals surface area contributed by atoms with Crippen LogP contribution in [0.3, 0.4) is 0 Å². The van der Waals surface area contributed by atoms with Crippen LogP contribution in [0, 0.1) is 5.92 Å².